The van der Waals surface area contributed by atoms with Gasteiger partial charge in [0.25, 0.3) is 5.91 Å². The molecule has 26 heavy (non-hydrogen) atoms. The number of amides is 1. The fourth-order valence-corrected chi connectivity index (χ4v) is 3.58. The van der Waals surface area contributed by atoms with Gasteiger partial charge in [-0.2, -0.15) is 5.10 Å². The third-order valence-corrected chi connectivity index (χ3v) is 5.10. The number of benzene rings is 1. The minimum atomic E-state index is -0.146. The van der Waals surface area contributed by atoms with Crippen molar-refractivity contribution in [3.05, 3.63) is 71.1 Å². The molecular weight excluding hydrogens is 346 g/mol. The van der Waals surface area contributed by atoms with Crippen molar-refractivity contribution in [3.63, 3.8) is 0 Å². The van der Waals surface area contributed by atoms with Crippen LogP contribution in [-0.2, 0) is 13.0 Å². The number of hydrogen-bond acceptors (Lipinski definition) is 5. The molecule has 0 radical (unpaired) electrons. The van der Waals surface area contributed by atoms with E-state index < -0.39 is 0 Å². The highest BCUT2D eigenvalue weighted by atomic mass is 32.1. The van der Waals surface area contributed by atoms with Crippen molar-refractivity contribution < 1.29 is 4.79 Å². The van der Waals surface area contributed by atoms with Gasteiger partial charge in [-0.05, 0) is 18.6 Å². The topological polar surface area (TPSA) is 72.2 Å². The Morgan fingerprint density at radius 3 is 2.65 bits per heavy atom. The average molecular weight is 363 g/mol. The average Bonchev–Trinajstić information content (AvgIpc) is 3.25. The zero-order chi connectivity index (χ0) is 17.9. The van der Waals surface area contributed by atoms with Crippen LogP contribution in [0.25, 0.3) is 16.2 Å². The quantitative estimate of drug-likeness (QED) is 0.590. The SMILES string of the molecule is CCc1nn2c(CNC(=O)c3ccncc3)c(-c3ccccc3)nc2s1. The first-order chi connectivity index (χ1) is 12.8. The molecule has 1 N–H and O–H groups in total. The molecule has 6 nitrogen and oxygen atoms in total. The summed E-state index contributed by atoms with van der Waals surface area (Å²) in [5.41, 5.74) is 3.32. The molecule has 0 bridgehead atoms. The molecular formula is C19H17N5OS. The third-order valence-electron chi connectivity index (χ3n) is 4.05. The van der Waals surface area contributed by atoms with Crippen molar-refractivity contribution >= 4 is 22.2 Å². The first-order valence-electron chi connectivity index (χ1n) is 8.37. The van der Waals surface area contributed by atoms with E-state index in [2.05, 4.69) is 22.3 Å². The lowest BCUT2D eigenvalue weighted by atomic mass is 10.1. The first kappa shape index (κ1) is 16.4. The van der Waals surface area contributed by atoms with Crippen LogP contribution in [0.15, 0.2) is 54.9 Å². The van der Waals surface area contributed by atoms with Crippen molar-refractivity contribution in [1.82, 2.24) is 24.9 Å². The number of aromatic nitrogens is 4. The summed E-state index contributed by atoms with van der Waals surface area (Å²) in [7, 11) is 0. The number of fused-ring (bicyclic) bond motifs is 1. The van der Waals surface area contributed by atoms with E-state index >= 15 is 0 Å². The number of rotatable bonds is 5. The number of hydrogen-bond donors (Lipinski definition) is 1. The van der Waals surface area contributed by atoms with Crippen LogP contribution in [0, 0.1) is 0 Å². The van der Waals surface area contributed by atoms with Crippen LogP contribution >= 0.6 is 11.3 Å². The van der Waals surface area contributed by atoms with E-state index in [4.69, 9.17) is 4.98 Å². The lowest BCUT2D eigenvalue weighted by molar-refractivity contribution is 0.0950. The number of imidazole rings is 1. The molecule has 0 atom stereocenters. The third kappa shape index (κ3) is 3.09. The number of carbonyl (C=O) groups is 1. The maximum absolute atomic E-state index is 12.4. The van der Waals surface area contributed by atoms with E-state index in [1.54, 1.807) is 35.9 Å². The van der Waals surface area contributed by atoms with Gasteiger partial charge < -0.3 is 5.32 Å². The largest absolute Gasteiger partial charge is 0.346 e. The molecule has 3 aromatic heterocycles. The molecule has 0 fully saturated rings. The highest BCUT2D eigenvalue weighted by Gasteiger charge is 2.18. The van der Waals surface area contributed by atoms with E-state index in [1.807, 2.05) is 34.8 Å². The summed E-state index contributed by atoms with van der Waals surface area (Å²) in [6.07, 6.45) is 4.07. The zero-order valence-electron chi connectivity index (χ0n) is 14.2. The lowest BCUT2D eigenvalue weighted by Crippen LogP contribution is -2.24. The highest BCUT2D eigenvalue weighted by Crippen LogP contribution is 2.27. The molecule has 3 heterocycles. The predicted octanol–water partition coefficient (Wildman–Crippen LogP) is 3.35. The Morgan fingerprint density at radius 1 is 1.15 bits per heavy atom. The predicted molar refractivity (Wildman–Crippen MR) is 101 cm³/mol. The molecule has 1 amide bonds. The van der Waals surface area contributed by atoms with Crippen LogP contribution in [0.1, 0.15) is 28.0 Å². The van der Waals surface area contributed by atoms with Crippen molar-refractivity contribution in [2.24, 2.45) is 0 Å². The monoisotopic (exact) mass is 363 g/mol. The van der Waals surface area contributed by atoms with Crippen molar-refractivity contribution in [2.75, 3.05) is 0 Å². The summed E-state index contributed by atoms with van der Waals surface area (Å²) >= 11 is 1.58. The molecule has 0 saturated carbocycles. The van der Waals surface area contributed by atoms with Crippen molar-refractivity contribution in [3.8, 4) is 11.3 Å². The van der Waals surface area contributed by atoms with Crippen molar-refractivity contribution in [2.45, 2.75) is 19.9 Å². The smallest absolute Gasteiger partial charge is 0.251 e. The molecule has 0 unspecified atom stereocenters. The number of carbonyl (C=O) groups excluding carboxylic acids is 1. The Morgan fingerprint density at radius 2 is 1.92 bits per heavy atom. The fraction of sp³-hybridized carbons (Fsp3) is 0.158. The van der Waals surface area contributed by atoms with Crippen LogP contribution in [0.2, 0.25) is 0 Å². The minimum absolute atomic E-state index is 0.146. The summed E-state index contributed by atoms with van der Waals surface area (Å²) in [5, 5.41) is 8.63. The summed E-state index contributed by atoms with van der Waals surface area (Å²) in [5.74, 6) is -0.146. The zero-order valence-corrected chi connectivity index (χ0v) is 15.0. The lowest BCUT2D eigenvalue weighted by Gasteiger charge is -2.07. The van der Waals surface area contributed by atoms with Gasteiger partial charge in [0.1, 0.15) is 5.01 Å². The van der Waals surface area contributed by atoms with E-state index in [0.29, 0.717) is 12.1 Å². The number of pyridine rings is 1. The molecule has 0 aliphatic carbocycles. The molecule has 0 aliphatic heterocycles. The van der Waals surface area contributed by atoms with Gasteiger partial charge in [-0.15, -0.1) is 0 Å². The van der Waals surface area contributed by atoms with Gasteiger partial charge in [-0.1, -0.05) is 48.6 Å². The Labute approximate surface area is 154 Å². The van der Waals surface area contributed by atoms with Crippen LogP contribution in [0.5, 0.6) is 0 Å². The van der Waals surface area contributed by atoms with Gasteiger partial charge in [-0.3, -0.25) is 9.78 Å². The second-order valence-electron chi connectivity index (χ2n) is 5.74. The number of nitrogens with zero attached hydrogens (tertiary/aromatic N) is 4. The molecule has 0 saturated heterocycles. The van der Waals surface area contributed by atoms with E-state index in [-0.39, 0.29) is 5.91 Å². The molecule has 4 aromatic rings. The molecule has 1 aromatic carbocycles. The summed E-state index contributed by atoms with van der Waals surface area (Å²) in [6, 6.07) is 13.3. The van der Waals surface area contributed by atoms with Gasteiger partial charge in [0.05, 0.1) is 17.9 Å². The minimum Gasteiger partial charge on any atom is -0.346 e. The van der Waals surface area contributed by atoms with Gasteiger partial charge in [0, 0.05) is 23.5 Å². The van der Waals surface area contributed by atoms with E-state index in [9.17, 15) is 4.79 Å². The Kier molecular flexibility index (Phi) is 4.45. The van der Waals surface area contributed by atoms with Gasteiger partial charge >= 0.3 is 0 Å². The maximum Gasteiger partial charge on any atom is 0.251 e. The Bertz CT molecular complexity index is 1040. The number of aryl methyl sites for hydroxylation is 1. The van der Waals surface area contributed by atoms with Gasteiger partial charge in [0.2, 0.25) is 4.96 Å². The Hall–Kier alpha value is -3.06. The van der Waals surface area contributed by atoms with E-state index in [0.717, 1.165) is 33.3 Å². The second kappa shape index (κ2) is 7.05. The molecule has 0 spiro atoms. The van der Waals surface area contributed by atoms with Crippen molar-refractivity contribution in [1.29, 1.82) is 0 Å². The van der Waals surface area contributed by atoms with E-state index in [1.165, 1.54) is 0 Å². The molecule has 130 valence electrons. The molecule has 0 aliphatic rings. The van der Waals surface area contributed by atoms with Crippen LogP contribution < -0.4 is 5.32 Å². The summed E-state index contributed by atoms with van der Waals surface area (Å²) < 4.78 is 1.85. The summed E-state index contributed by atoms with van der Waals surface area (Å²) in [4.78, 5) is 21.9. The second-order valence-corrected chi connectivity index (χ2v) is 6.78. The van der Waals surface area contributed by atoms with Gasteiger partial charge in [0.15, 0.2) is 0 Å². The first-order valence-corrected chi connectivity index (χ1v) is 9.19. The standard InChI is InChI=1S/C19H17N5OS/c1-2-16-23-24-15(12-21-18(25)14-8-10-20-11-9-14)17(22-19(24)26-16)13-6-4-3-5-7-13/h3-11H,2,12H2,1H3,(H,21,25). The van der Waals surface area contributed by atoms with Crippen LogP contribution in [0.3, 0.4) is 0 Å². The maximum atomic E-state index is 12.4. The van der Waals surface area contributed by atoms with Crippen LogP contribution in [0.4, 0.5) is 0 Å². The summed E-state index contributed by atoms with van der Waals surface area (Å²) in [6.45, 7) is 2.42. The highest BCUT2D eigenvalue weighted by molar-refractivity contribution is 7.16. The Balaban J connectivity index is 1.69. The van der Waals surface area contributed by atoms with Crippen LogP contribution in [-0.4, -0.2) is 25.5 Å². The fourth-order valence-electron chi connectivity index (χ4n) is 2.73. The van der Waals surface area contributed by atoms with Gasteiger partial charge in [-0.25, -0.2) is 9.50 Å². The number of nitrogens with one attached hydrogen (secondary N) is 1. The normalized spacial score (nSPS) is 11.0. The molecule has 4 rings (SSSR count). The molecule has 7 heteroatoms.